The minimum absolute atomic E-state index is 0.0632. The van der Waals surface area contributed by atoms with Crippen LogP contribution in [0.2, 0.25) is 0 Å². The Balaban J connectivity index is 1.84. The quantitative estimate of drug-likeness (QED) is 0.468. The van der Waals surface area contributed by atoms with Gasteiger partial charge in [-0.3, -0.25) is 23.9 Å². The summed E-state index contributed by atoms with van der Waals surface area (Å²) in [4.78, 5) is 48.7. The lowest BCUT2D eigenvalue weighted by molar-refractivity contribution is 0.0979. The Hall–Kier alpha value is -4.07. The van der Waals surface area contributed by atoms with Gasteiger partial charge in [-0.25, -0.2) is 4.98 Å². The second-order valence-corrected chi connectivity index (χ2v) is 6.14. The average Bonchev–Trinajstić information content (AvgIpc) is 3.09. The van der Waals surface area contributed by atoms with E-state index in [1.165, 1.54) is 10.9 Å². The molecule has 0 amide bonds. The number of aromatic amines is 1. The summed E-state index contributed by atoms with van der Waals surface area (Å²) in [5, 5.41) is 0. The summed E-state index contributed by atoms with van der Waals surface area (Å²) in [6.07, 6.45) is 1.39. The van der Waals surface area contributed by atoms with Crippen molar-refractivity contribution in [3.8, 4) is 5.69 Å². The molecule has 0 aliphatic heterocycles. The molecule has 1 aliphatic rings. The fourth-order valence-electron chi connectivity index (χ4n) is 3.43. The summed E-state index contributed by atoms with van der Waals surface area (Å²) >= 11 is 0. The highest BCUT2D eigenvalue weighted by Crippen LogP contribution is 2.31. The molecule has 0 fully saturated rings. The van der Waals surface area contributed by atoms with Gasteiger partial charge in [-0.1, -0.05) is 36.4 Å². The van der Waals surface area contributed by atoms with Crippen LogP contribution in [0.5, 0.6) is 0 Å². The van der Waals surface area contributed by atoms with Gasteiger partial charge in [0.25, 0.3) is 5.56 Å². The van der Waals surface area contributed by atoms with Gasteiger partial charge in [0, 0.05) is 16.7 Å². The Labute approximate surface area is 151 Å². The third kappa shape index (κ3) is 2.00. The summed E-state index contributed by atoms with van der Waals surface area (Å²) in [6.45, 7) is 0. The van der Waals surface area contributed by atoms with Crippen molar-refractivity contribution in [1.29, 1.82) is 0 Å². The van der Waals surface area contributed by atoms with E-state index in [9.17, 15) is 14.4 Å². The van der Waals surface area contributed by atoms with Crippen LogP contribution in [-0.2, 0) is 0 Å². The van der Waals surface area contributed by atoms with Crippen LogP contribution in [0.15, 0.2) is 53.6 Å². The number of fused-ring (bicyclic) bond motifs is 3. The third-order valence-corrected chi connectivity index (χ3v) is 4.62. The third-order valence-electron chi connectivity index (χ3n) is 4.62. The average molecular weight is 357 g/mol. The predicted molar refractivity (Wildman–Crippen MR) is 97.2 cm³/mol. The molecule has 27 heavy (non-hydrogen) atoms. The molecular formula is C19H11N5O3. The molecule has 8 nitrogen and oxygen atoms in total. The van der Waals surface area contributed by atoms with Crippen molar-refractivity contribution in [2.24, 2.45) is 0 Å². The number of hydrogen-bond donors (Lipinski definition) is 2. The molecule has 0 unspecified atom stereocenters. The smallest absolute Gasteiger partial charge is 0.280 e. The topological polar surface area (TPSA) is 124 Å². The number of hydrogen-bond acceptors (Lipinski definition) is 6. The van der Waals surface area contributed by atoms with E-state index in [0.717, 1.165) is 0 Å². The molecule has 0 saturated carbocycles. The number of rotatable bonds is 1. The van der Waals surface area contributed by atoms with Gasteiger partial charge in [-0.15, -0.1) is 0 Å². The van der Waals surface area contributed by atoms with Crippen LogP contribution in [0.4, 0.5) is 5.95 Å². The Morgan fingerprint density at radius 1 is 0.889 bits per heavy atom. The van der Waals surface area contributed by atoms with Crippen LogP contribution in [0.1, 0.15) is 31.8 Å². The molecule has 130 valence electrons. The molecule has 0 saturated heterocycles. The maximum Gasteiger partial charge on any atom is 0.280 e. The number of benzene rings is 2. The van der Waals surface area contributed by atoms with Gasteiger partial charge in [-0.05, 0) is 6.07 Å². The minimum Gasteiger partial charge on any atom is -0.369 e. The molecule has 0 bridgehead atoms. The first kappa shape index (κ1) is 15.2. The molecule has 2 aromatic carbocycles. The molecule has 2 aromatic heterocycles. The van der Waals surface area contributed by atoms with Gasteiger partial charge in [0.1, 0.15) is 6.33 Å². The monoisotopic (exact) mass is 357 g/mol. The Bertz CT molecular complexity index is 1350. The van der Waals surface area contributed by atoms with Crippen molar-refractivity contribution in [3.05, 3.63) is 81.4 Å². The SMILES string of the molecule is Nc1nc2c(ncn2-c2cccc3c2C(=O)c2ccccc2C3=O)c(=O)[nH]1. The number of carbonyl (C=O) groups excluding carboxylic acids is 2. The summed E-state index contributed by atoms with van der Waals surface area (Å²) in [5.74, 6) is -0.556. The van der Waals surface area contributed by atoms with E-state index in [0.29, 0.717) is 22.4 Å². The highest BCUT2D eigenvalue weighted by Gasteiger charge is 2.32. The van der Waals surface area contributed by atoms with Crippen molar-refractivity contribution in [2.45, 2.75) is 0 Å². The Morgan fingerprint density at radius 2 is 1.59 bits per heavy atom. The van der Waals surface area contributed by atoms with E-state index in [1.807, 2.05) is 0 Å². The first-order valence-electron chi connectivity index (χ1n) is 8.11. The number of aromatic nitrogens is 4. The first-order valence-corrected chi connectivity index (χ1v) is 8.11. The van der Waals surface area contributed by atoms with Gasteiger partial charge in [-0.2, -0.15) is 4.98 Å². The zero-order chi connectivity index (χ0) is 18.7. The summed E-state index contributed by atoms with van der Waals surface area (Å²) < 4.78 is 1.50. The Kier molecular flexibility index (Phi) is 2.94. The van der Waals surface area contributed by atoms with Gasteiger partial charge in [0.2, 0.25) is 5.95 Å². The maximum atomic E-state index is 13.1. The van der Waals surface area contributed by atoms with E-state index < -0.39 is 5.56 Å². The zero-order valence-corrected chi connectivity index (χ0v) is 13.8. The molecule has 0 radical (unpaired) electrons. The van der Waals surface area contributed by atoms with Crippen LogP contribution < -0.4 is 11.3 Å². The van der Waals surface area contributed by atoms with Gasteiger partial charge >= 0.3 is 0 Å². The summed E-state index contributed by atoms with van der Waals surface area (Å²) in [7, 11) is 0. The normalized spacial score (nSPS) is 12.9. The summed E-state index contributed by atoms with van der Waals surface area (Å²) in [6, 6.07) is 11.7. The number of carbonyl (C=O) groups is 2. The van der Waals surface area contributed by atoms with Crippen LogP contribution in [-0.4, -0.2) is 31.1 Å². The number of nitrogen functional groups attached to an aromatic ring is 1. The number of ketones is 2. The van der Waals surface area contributed by atoms with Crippen LogP contribution >= 0.6 is 0 Å². The number of nitrogens with zero attached hydrogens (tertiary/aromatic N) is 3. The number of nitrogens with two attached hydrogens (primary N) is 1. The molecule has 4 aromatic rings. The van der Waals surface area contributed by atoms with E-state index in [-0.39, 0.29) is 34.2 Å². The molecule has 8 heteroatoms. The zero-order valence-electron chi connectivity index (χ0n) is 13.8. The Morgan fingerprint density at radius 3 is 2.37 bits per heavy atom. The molecule has 5 rings (SSSR count). The molecule has 3 N–H and O–H groups in total. The minimum atomic E-state index is -0.478. The fourth-order valence-corrected chi connectivity index (χ4v) is 3.43. The lowest BCUT2D eigenvalue weighted by Crippen LogP contribution is -2.23. The van der Waals surface area contributed by atoms with Crippen molar-refractivity contribution >= 4 is 28.7 Å². The first-order chi connectivity index (χ1) is 13.1. The predicted octanol–water partition coefficient (Wildman–Crippen LogP) is 1.47. The van der Waals surface area contributed by atoms with Crippen molar-refractivity contribution < 1.29 is 9.59 Å². The van der Waals surface area contributed by atoms with Crippen LogP contribution in [0.25, 0.3) is 16.9 Å². The van der Waals surface area contributed by atoms with Crippen LogP contribution in [0, 0.1) is 0 Å². The van der Waals surface area contributed by atoms with Gasteiger partial charge < -0.3 is 5.73 Å². The lowest BCUT2D eigenvalue weighted by atomic mass is 9.83. The second kappa shape index (κ2) is 5.21. The van der Waals surface area contributed by atoms with Crippen molar-refractivity contribution in [2.75, 3.05) is 5.73 Å². The molecular weight excluding hydrogens is 346 g/mol. The number of imidazole rings is 1. The molecule has 1 aliphatic carbocycles. The molecule has 0 spiro atoms. The number of anilines is 1. The summed E-state index contributed by atoms with van der Waals surface area (Å²) in [5.41, 5.74) is 7.17. The standard InChI is InChI=1S/C19H11N5O3/c20-19-22-17-14(18(27)23-19)21-8-24(17)12-7-3-6-11-13(12)16(26)10-5-2-1-4-9(10)15(11)25/h1-8H,(H3,20,22,23,27). The van der Waals surface area contributed by atoms with Crippen LogP contribution in [0.3, 0.4) is 0 Å². The fraction of sp³-hybridized carbons (Fsp3) is 0. The van der Waals surface area contributed by atoms with Gasteiger partial charge in [0.15, 0.2) is 22.7 Å². The number of nitrogens with one attached hydrogen (secondary N) is 1. The number of H-pyrrole nitrogens is 1. The van der Waals surface area contributed by atoms with Gasteiger partial charge in [0.05, 0.1) is 11.3 Å². The van der Waals surface area contributed by atoms with E-state index in [4.69, 9.17) is 5.73 Å². The van der Waals surface area contributed by atoms with E-state index in [1.54, 1.807) is 42.5 Å². The van der Waals surface area contributed by atoms with E-state index >= 15 is 0 Å². The van der Waals surface area contributed by atoms with E-state index in [2.05, 4.69) is 15.0 Å². The largest absolute Gasteiger partial charge is 0.369 e. The van der Waals surface area contributed by atoms with Crippen molar-refractivity contribution in [1.82, 2.24) is 19.5 Å². The highest BCUT2D eigenvalue weighted by atomic mass is 16.1. The highest BCUT2D eigenvalue weighted by molar-refractivity contribution is 6.29. The van der Waals surface area contributed by atoms with Crippen molar-refractivity contribution in [3.63, 3.8) is 0 Å². The lowest BCUT2D eigenvalue weighted by Gasteiger charge is -2.20. The molecule has 2 heterocycles. The second-order valence-electron chi connectivity index (χ2n) is 6.14. The molecule has 0 atom stereocenters. The maximum absolute atomic E-state index is 13.1.